The van der Waals surface area contributed by atoms with Crippen LogP contribution in [0.5, 0.6) is 5.75 Å². The van der Waals surface area contributed by atoms with Gasteiger partial charge in [0.1, 0.15) is 5.75 Å². The van der Waals surface area contributed by atoms with E-state index in [1.54, 1.807) is 23.1 Å². The first-order chi connectivity index (χ1) is 11.4. The highest BCUT2D eigenvalue weighted by atomic mass is 16.5. The molecule has 1 aliphatic rings. The van der Waals surface area contributed by atoms with E-state index < -0.39 is 0 Å². The Hall–Kier alpha value is -2.37. The molecule has 0 fully saturated rings. The fourth-order valence-electron chi connectivity index (χ4n) is 2.51. The quantitative estimate of drug-likeness (QED) is 0.778. The average Bonchev–Trinajstić information content (AvgIpc) is 2.56. The summed E-state index contributed by atoms with van der Waals surface area (Å²) in [7, 11) is 0. The minimum absolute atomic E-state index is 0.0113. The summed E-state index contributed by atoms with van der Waals surface area (Å²) in [5, 5.41) is 2.91. The van der Waals surface area contributed by atoms with Crippen LogP contribution in [-0.2, 0) is 9.59 Å². The lowest BCUT2D eigenvalue weighted by Gasteiger charge is -2.29. The normalized spacial score (nSPS) is 14.6. The van der Waals surface area contributed by atoms with E-state index in [1.165, 1.54) is 6.92 Å². The molecule has 130 valence electrons. The molecule has 6 nitrogen and oxygen atoms in total. The van der Waals surface area contributed by atoms with Gasteiger partial charge in [0, 0.05) is 24.6 Å². The minimum Gasteiger partial charge on any atom is -0.482 e. The van der Waals surface area contributed by atoms with Crippen LogP contribution in [-0.4, -0.2) is 36.8 Å². The summed E-state index contributed by atoms with van der Waals surface area (Å²) in [5.41, 5.74) is 1.13. The maximum atomic E-state index is 12.2. The predicted molar refractivity (Wildman–Crippen MR) is 91.4 cm³/mol. The molecule has 0 aliphatic carbocycles. The van der Waals surface area contributed by atoms with Crippen LogP contribution in [0.1, 0.15) is 50.4 Å². The molecular formula is C18H24N2O4. The molecule has 0 radical (unpaired) electrons. The van der Waals surface area contributed by atoms with Gasteiger partial charge in [-0.1, -0.05) is 6.92 Å². The van der Waals surface area contributed by atoms with E-state index in [9.17, 15) is 14.4 Å². The first-order valence-corrected chi connectivity index (χ1v) is 8.30. The van der Waals surface area contributed by atoms with Crippen molar-refractivity contribution in [3.05, 3.63) is 23.8 Å². The summed E-state index contributed by atoms with van der Waals surface area (Å²) in [6, 6.07) is 5.23. The summed E-state index contributed by atoms with van der Waals surface area (Å²) in [5.74, 6) is 0.348. The minimum atomic E-state index is -0.162. The monoisotopic (exact) mass is 332 g/mol. The number of nitrogens with zero attached hydrogens (tertiary/aromatic N) is 1. The van der Waals surface area contributed by atoms with Crippen molar-refractivity contribution in [2.75, 3.05) is 18.1 Å². The molecule has 2 amide bonds. The molecule has 24 heavy (non-hydrogen) atoms. The average molecular weight is 332 g/mol. The molecule has 1 unspecified atom stereocenters. The topological polar surface area (TPSA) is 75.7 Å². The maximum Gasteiger partial charge on any atom is 0.265 e. The Balaban J connectivity index is 2.03. The summed E-state index contributed by atoms with van der Waals surface area (Å²) >= 11 is 0. The second-order valence-electron chi connectivity index (χ2n) is 6.05. The van der Waals surface area contributed by atoms with Crippen LogP contribution in [0.2, 0.25) is 0 Å². The van der Waals surface area contributed by atoms with Crippen molar-refractivity contribution in [2.45, 2.75) is 46.1 Å². The molecule has 1 atom stereocenters. The van der Waals surface area contributed by atoms with E-state index in [0.29, 0.717) is 36.4 Å². The third-order valence-electron chi connectivity index (χ3n) is 4.11. The van der Waals surface area contributed by atoms with Crippen LogP contribution in [0.4, 0.5) is 5.69 Å². The molecular weight excluding hydrogens is 308 g/mol. The fraction of sp³-hybridized carbons (Fsp3) is 0.500. The number of rotatable bonds is 7. The van der Waals surface area contributed by atoms with E-state index in [-0.39, 0.29) is 30.2 Å². The molecule has 0 aromatic heterocycles. The third-order valence-corrected chi connectivity index (χ3v) is 4.11. The molecule has 1 aliphatic heterocycles. The Morgan fingerprint density at radius 2 is 2.12 bits per heavy atom. The molecule has 1 aromatic carbocycles. The SMILES string of the molecule is CCC(C)NC(=O)CCCN1C(=O)COc2ccc(C(C)=O)cc21. The molecule has 0 saturated carbocycles. The summed E-state index contributed by atoms with van der Waals surface area (Å²) in [4.78, 5) is 37.1. The number of hydrogen-bond donors (Lipinski definition) is 1. The zero-order chi connectivity index (χ0) is 17.7. The van der Waals surface area contributed by atoms with Crippen LogP contribution in [0.25, 0.3) is 0 Å². The van der Waals surface area contributed by atoms with Crippen molar-refractivity contribution in [3.63, 3.8) is 0 Å². The van der Waals surface area contributed by atoms with Crippen LogP contribution in [0, 0.1) is 0 Å². The molecule has 0 spiro atoms. The number of nitrogens with one attached hydrogen (secondary N) is 1. The van der Waals surface area contributed by atoms with Gasteiger partial charge in [0.05, 0.1) is 5.69 Å². The molecule has 1 N–H and O–H groups in total. The molecule has 1 heterocycles. The highest BCUT2D eigenvalue weighted by Crippen LogP contribution is 2.33. The van der Waals surface area contributed by atoms with E-state index in [1.807, 2.05) is 13.8 Å². The van der Waals surface area contributed by atoms with Gasteiger partial charge in [-0.15, -0.1) is 0 Å². The van der Waals surface area contributed by atoms with Gasteiger partial charge in [-0.3, -0.25) is 14.4 Å². The smallest absolute Gasteiger partial charge is 0.265 e. The van der Waals surface area contributed by atoms with Crippen molar-refractivity contribution in [1.82, 2.24) is 5.32 Å². The lowest BCUT2D eigenvalue weighted by atomic mass is 10.1. The Morgan fingerprint density at radius 1 is 1.38 bits per heavy atom. The van der Waals surface area contributed by atoms with Crippen LogP contribution >= 0.6 is 0 Å². The van der Waals surface area contributed by atoms with E-state index in [0.717, 1.165) is 6.42 Å². The van der Waals surface area contributed by atoms with Crippen molar-refractivity contribution in [2.24, 2.45) is 0 Å². The number of anilines is 1. The maximum absolute atomic E-state index is 12.2. The highest BCUT2D eigenvalue weighted by molar-refractivity contribution is 6.01. The van der Waals surface area contributed by atoms with Crippen LogP contribution in [0.3, 0.4) is 0 Å². The number of benzene rings is 1. The number of carbonyl (C=O) groups excluding carboxylic acids is 3. The van der Waals surface area contributed by atoms with Crippen molar-refractivity contribution in [1.29, 1.82) is 0 Å². The van der Waals surface area contributed by atoms with Gasteiger partial charge in [0.15, 0.2) is 12.4 Å². The van der Waals surface area contributed by atoms with Gasteiger partial charge >= 0.3 is 0 Å². The predicted octanol–water partition coefficient (Wildman–Crippen LogP) is 2.31. The summed E-state index contributed by atoms with van der Waals surface area (Å²) in [6.07, 6.45) is 1.79. The number of amides is 2. The number of fused-ring (bicyclic) bond motifs is 1. The van der Waals surface area contributed by atoms with Gasteiger partial charge in [-0.05, 0) is 44.9 Å². The zero-order valence-corrected chi connectivity index (χ0v) is 14.4. The Labute approximate surface area is 142 Å². The highest BCUT2D eigenvalue weighted by Gasteiger charge is 2.26. The summed E-state index contributed by atoms with van der Waals surface area (Å²) < 4.78 is 5.41. The van der Waals surface area contributed by atoms with Gasteiger partial charge in [0.25, 0.3) is 5.91 Å². The van der Waals surface area contributed by atoms with Crippen molar-refractivity contribution in [3.8, 4) is 5.75 Å². The Kier molecular flexibility index (Phi) is 5.95. The molecule has 0 saturated heterocycles. The van der Waals surface area contributed by atoms with Gasteiger partial charge in [0.2, 0.25) is 5.91 Å². The van der Waals surface area contributed by atoms with Gasteiger partial charge < -0.3 is 15.0 Å². The molecule has 2 rings (SSSR count). The molecule has 0 bridgehead atoms. The Morgan fingerprint density at radius 3 is 2.79 bits per heavy atom. The van der Waals surface area contributed by atoms with Crippen LogP contribution < -0.4 is 15.0 Å². The van der Waals surface area contributed by atoms with E-state index in [4.69, 9.17) is 4.74 Å². The van der Waals surface area contributed by atoms with E-state index >= 15 is 0 Å². The number of carbonyl (C=O) groups is 3. The first-order valence-electron chi connectivity index (χ1n) is 8.30. The molecule has 1 aromatic rings. The van der Waals surface area contributed by atoms with Gasteiger partial charge in [-0.25, -0.2) is 0 Å². The number of hydrogen-bond acceptors (Lipinski definition) is 4. The third kappa shape index (κ3) is 4.34. The fourth-order valence-corrected chi connectivity index (χ4v) is 2.51. The van der Waals surface area contributed by atoms with Crippen molar-refractivity contribution < 1.29 is 19.1 Å². The number of Topliss-reactive ketones (excluding diaryl/α,β-unsaturated/α-hetero) is 1. The lowest BCUT2D eigenvalue weighted by Crippen LogP contribution is -2.40. The molecule has 6 heteroatoms. The second-order valence-corrected chi connectivity index (χ2v) is 6.05. The largest absolute Gasteiger partial charge is 0.482 e. The second kappa shape index (κ2) is 7.95. The van der Waals surface area contributed by atoms with E-state index in [2.05, 4.69) is 5.32 Å². The lowest BCUT2D eigenvalue weighted by molar-refractivity contribution is -0.123. The zero-order valence-electron chi connectivity index (χ0n) is 14.4. The first kappa shape index (κ1) is 18.0. The van der Waals surface area contributed by atoms with Crippen LogP contribution in [0.15, 0.2) is 18.2 Å². The van der Waals surface area contributed by atoms with Crippen molar-refractivity contribution >= 4 is 23.3 Å². The Bertz CT molecular complexity index is 642. The number of ether oxygens (including phenoxy) is 1. The standard InChI is InChI=1S/C18H24N2O4/c1-4-12(2)19-17(22)6-5-9-20-15-10-14(13(3)21)7-8-16(15)24-11-18(20)23/h7-8,10,12H,4-6,9,11H2,1-3H3,(H,19,22). The van der Waals surface area contributed by atoms with Gasteiger partial charge in [-0.2, -0.15) is 0 Å². The summed E-state index contributed by atoms with van der Waals surface area (Å²) in [6.45, 7) is 5.86. The number of ketones is 1.